The zero-order chi connectivity index (χ0) is 21.5. The van der Waals surface area contributed by atoms with E-state index in [0.717, 1.165) is 55.7 Å². The number of nitrogens with zero attached hydrogens (tertiary/aromatic N) is 3. The summed E-state index contributed by atoms with van der Waals surface area (Å²) in [6.07, 6.45) is 8.31. The highest BCUT2D eigenvalue weighted by Crippen LogP contribution is 2.27. The van der Waals surface area contributed by atoms with Gasteiger partial charge in [-0.1, -0.05) is 11.6 Å². The van der Waals surface area contributed by atoms with E-state index in [-0.39, 0.29) is 18.6 Å². The quantitative estimate of drug-likeness (QED) is 0.546. The lowest BCUT2D eigenvalue weighted by Crippen LogP contribution is -2.14. The number of aromatic nitrogens is 3. The lowest BCUT2D eigenvalue weighted by atomic mass is 9.94. The van der Waals surface area contributed by atoms with Crippen molar-refractivity contribution in [2.24, 2.45) is 0 Å². The van der Waals surface area contributed by atoms with Gasteiger partial charge in [0.2, 0.25) is 0 Å². The number of carboxylic acids is 1. The molecule has 30 heavy (non-hydrogen) atoms. The smallest absolute Gasteiger partial charge is 0.311 e. The van der Waals surface area contributed by atoms with E-state index in [1.807, 2.05) is 6.07 Å². The summed E-state index contributed by atoms with van der Waals surface area (Å²) in [4.78, 5) is 36.6. The Balaban J connectivity index is 1.43. The fourth-order valence-electron chi connectivity index (χ4n) is 3.63. The molecule has 8 heteroatoms. The number of Topliss-reactive ketones (excluding diaryl/α,β-unsaturated/α-hetero) is 1. The van der Waals surface area contributed by atoms with E-state index in [1.54, 1.807) is 6.92 Å². The third-order valence-corrected chi connectivity index (χ3v) is 5.70. The lowest BCUT2D eigenvalue weighted by Gasteiger charge is -2.18. The van der Waals surface area contributed by atoms with Crippen LogP contribution in [0.2, 0.25) is 5.02 Å². The highest BCUT2D eigenvalue weighted by Gasteiger charge is 2.21. The molecule has 0 fully saturated rings. The molecule has 0 aromatic carbocycles. The average molecular weight is 431 g/mol. The summed E-state index contributed by atoms with van der Waals surface area (Å²) in [7, 11) is 0. The molecule has 160 valence electrons. The minimum absolute atomic E-state index is 0.0699. The maximum atomic E-state index is 12.2. The van der Waals surface area contributed by atoms with Crippen LogP contribution in [-0.2, 0) is 22.4 Å². The number of hydrogen-bond donors (Lipinski definition) is 2. The van der Waals surface area contributed by atoms with Crippen molar-refractivity contribution >= 4 is 29.2 Å². The van der Waals surface area contributed by atoms with Crippen molar-refractivity contribution in [3.8, 4) is 0 Å². The van der Waals surface area contributed by atoms with Crippen molar-refractivity contribution in [1.82, 2.24) is 15.0 Å². The highest BCUT2D eigenvalue weighted by molar-refractivity contribution is 6.31. The number of halogens is 1. The molecule has 2 aromatic heterocycles. The van der Waals surface area contributed by atoms with Crippen LogP contribution in [0.3, 0.4) is 0 Å². The third-order valence-electron chi connectivity index (χ3n) is 5.38. The van der Waals surface area contributed by atoms with Gasteiger partial charge in [-0.05, 0) is 57.1 Å². The van der Waals surface area contributed by atoms with Crippen LogP contribution in [0, 0.1) is 6.92 Å². The van der Waals surface area contributed by atoms with Crippen LogP contribution >= 0.6 is 11.6 Å². The molecule has 2 aromatic rings. The number of carboxylic acid groups (broad SMARTS) is 1. The summed E-state index contributed by atoms with van der Waals surface area (Å²) in [6, 6.07) is 2.00. The Hall–Kier alpha value is -2.54. The Morgan fingerprint density at radius 3 is 2.73 bits per heavy atom. The molecule has 3 heterocycles. The second-order valence-electron chi connectivity index (χ2n) is 7.69. The number of carbonyl (C=O) groups is 2. The molecule has 0 spiro atoms. The van der Waals surface area contributed by atoms with Crippen LogP contribution in [0.25, 0.3) is 0 Å². The van der Waals surface area contributed by atoms with Gasteiger partial charge >= 0.3 is 5.97 Å². The van der Waals surface area contributed by atoms with E-state index in [9.17, 15) is 14.7 Å². The summed E-state index contributed by atoms with van der Waals surface area (Å²) < 4.78 is 0. The predicted molar refractivity (Wildman–Crippen MR) is 115 cm³/mol. The second kappa shape index (κ2) is 10.5. The maximum Gasteiger partial charge on any atom is 0.311 e. The lowest BCUT2D eigenvalue weighted by molar-refractivity contribution is -0.139. The number of rotatable bonds is 10. The van der Waals surface area contributed by atoms with E-state index < -0.39 is 11.9 Å². The Kier molecular flexibility index (Phi) is 7.74. The number of anilines is 1. The van der Waals surface area contributed by atoms with Crippen molar-refractivity contribution in [2.45, 2.75) is 64.2 Å². The minimum Gasteiger partial charge on any atom is -0.481 e. The molecule has 0 unspecified atom stereocenters. The number of unbranched alkanes of at least 4 members (excludes halogenated alkanes) is 1. The first-order chi connectivity index (χ1) is 14.4. The van der Waals surface area contributed by atoms with E-state index in [0.29, 0.717) is 22.8 Å². The Morgan fingerprint density at radius 2 is 2.00 bits per heavy atom. The van der Waals surface area contributed by atoms with Gasteiger partial charge in [-0.3, -0.25) is 9.59 Å². The molecule has 7 nitrogen and oxygen atoms in total. The van der Waals surface area contributed by atoms with Gasteiger partial charge in [0.1, 0.15) is 17.4 Å². The van der Waals surface area contributed by atoms with Crippen molar-refractivity contribution in [1.29, 1.82) is 0 Å². The van der Waals surface area contributed by atoms with E-state index >= 15 is 0 Å². The highest BCUT2D eigenvalue weighted by atomic mass is 35.5. The largest absolute Gasteiger partial charge is 0.481 e. The fraction of sp³-hybridized carbons (Fsp3) is 0.500. The maximum absolute atomic E-state index is 12.2. The zero-order valence-electron chi connectivity index (χ0n) is 17.2. The molecule has 0 saturated carbocycles. The molecule has 0 saturated heterocycles. The van der Waals surface area contributed by atoms with Gasteiger partial charge in [0.25, 0.3) is 0 Å². The van der Waals surface area contributed by atoms with Crippen molar-refractivity contribution in [2.75, 3.05) is 11.9 Å². The molecule has 0 radical (unpaired) electrons. The summed E-state index contributed by atoms with van der Waals surface area (Å²) in [5.41, 5.74) is 2.56. The number of carbonyl (C=O) groups excluding carboxylic acids is 1. The summed E-state index contributed by atoms with van der Waals surface area (Å²) >= 11 is 6.36. The van der Waals surface area contributed by atoms with Crippen molar-refractivity contribution in [3.05, 3.63) is 46.1 Å². The molecule has 2 N–H and O–H groups in total. The van der Waals surface area contributed by atoms with Gasteiger partial charge in [-0.15, -0.1) is 0 Å². The van der Waals surface area contributed by atoms with Gasteiger partial charge in [0.05, 0.1) is 16.6 Å². The van der Waals surface area contributed by atoms with Gasteiger partial charge < -0.3 is 10.4 Å². The Bertz CT molecular complexity index is 902. The van der Waals surface area contributed by atoms with Crippen LogP contribution in [0.1, 0.15) is 67.1 Å². The topological polar surface area (TPSA) is 105 Å². The number of pyridine rings is 1. The van der Waals surface area contributed by atoms with E-state index in [1.165, 1.54) is 12.4 Å². The molecule has 1 aliphatic heterocycles. The first kappa shape index (κ1) is 22.2. The third kappa shape index (κ3) is 5.98. The number of aliphatic carboxylic acids is 1. The van der Waals surface area contributed by atoms with Crippen molar-refractivity contribution in [3.63, 3.8) is 0 Å². The normalized spacial score (nSPS) is 13.9. The average Bonchev–Trinajstić information content (AvgIpc) is 2.72. The van der Waals surface area contributed by atoms with Gasteiger partial charge in [-0.2, -0.15) is 0 Å². The predicted octanol–water partition coefficient (Wildman–Crippen LogP) is 4.12. The van der Waals surface area contributed by atoms with Crippen LogP contribution in [0.5, 0.6) is 0 Å². The molecular weight excluding hydrogens is 404 g/mol. The van der Waals surface area contributed by atoms with Gasteiger partial charge in [0.15, 0.2) is 0 Å². The number of ketones is 1. The molecule has 1 atom stereocenters. The molecule has 0 aliphatic carbocycles. The zero-order valence-corrected chi connectivity index (χ0v) is 17.9. The van der Waals surface area contributed by atoms with Crippen LogP contribution in [0.15, 0.2) is 18.5 Å². The molecule has 3 rings (SSSR count). The first-order valence-corrected chi connectivity index (χ1v) is 10.8. The second-order valence-corrected chi connectivity index (χ2v) is 8.10. The van der Waals surface area contributed by atoms with Crippen LogP contribution in [0.4, 0.5) is 5.82 Å². The number of nitrogens with one attached hydrogen (secondary N) is 1. The molecule has 0 amide bonds. The summed E-state index contributed by atoms with van der Waals surface area (Å²) in [6.45, 7) is 2.67. The van der Waals surface area contributed by atoms with Gasteiger partial charge in [0, 0.05) is 37.3 Å². The Labute approximate surface area is 181 Å². The van der Waals surface area contributed by atoms with Gasteiger partial charge in [-0.25, -0.2) is 15.0 Å². The number of fused-ring (bicyclic) bond motifs is 1. The fourth-order valence-corrected chi connectivity index (χ4v) is 3.90. The minimum atomic E-state index is -0.961. The molecule has 0 bridgehead atoms. The van der Waals surface area contributed by atoms with E-state index in [4.69, 9.17) is 11.6 Å². The standard InChI is InChI=1S/C22H27ClN4O3/c1-14-25-12-16(13-26-14)18(22(29)30)9-8-17(28)6-2-3-7-20-19(23)11-15-5-4-10-24-21(15)27-20/h11-13,18H,2-10H2,1H3,(H,24,27)(H,29,30)/t18-/m1/s1. The number of hydrogen-bond acceptors (Lipinski definition) is 6. The summed E-state index contributed by atoms with van der Waals surface area (Å²) in [5.74, 6) is -0.141. The monoisotopic (exact) mass is 430 g/mol. The molecule has 1 aliphatic rings. The first-order valence-electron chi connectivity index (χ1n) is 10.4. The molecular formula is C22H27ClN4O3. The van der Waals surface area contributed by atoms with Crippen LogP contribution < -0.4 is 5.32 Å². The van der Waals surface area contributed by atoms with Crippen molar-refractivity contribution < 1.29 is 14.7 Å². The SMILES string of the molecule is Cc1ncc([C@@H](CCC(=O)CCCCc2nc3c(cc2Cl)CCCN3)C(=O)O)cn1. The Morgan fingerprint density at radius 1 is 1.23 bits per heavy atom. The summed E-state index contributed by atoms with van der Waals surface area (Å²) in [5, 5.41) is 13.5. The van der Waals surface area contributed by atoms with E-state index in [2.05, 4.69) is 20.3 Å². The number of aryl methyl sites for hydroxylation is 3. The van der Waals surface area contributed by atoms with Crippen LogP contribution in [-0.4, -0.2) is 38.4 Å².